The van der Waals surface area contributed by atoms with Gasteiger partial charge >= 0.3 is 0 Å². The number of hydrogen-bond acceptors (Lipinski definition) is 12. The van der Waals surface area contributed by atoms with Crippen molar-refractivity contribution in [2.45, 2.75) is 0 Å². The molecule has 12 heteroatoms. The first kappa shape index (κ1) is 17.9. The average Bonchev–Trinajstić information content (AvgIpc) is 2.81. The summed E-state index contributed by atoms with van der Waals surface area (Å²) < 4.78 is 0. The first-order valence-electron chi connectivity index (χ1n) is 8.05. The molecule has 1 aromatic carbocycles. The normalized spacial score (nSPS) is 10.0. The van der Waals surface area contributed by atoms with Gasteiger partial charge in [0.25, 0.3) is 0 Å². The number of nitrogens with one attached hydrogen (secondary N) is 1. The van der Waals surface area contributed by atoms with Gasteiger partial charge in [-0.05, 0) is 0 Å². The molecular formula is C18H4N12. The second-order valence-electron chi connectivity index (χ2n) is 5.66. The van der Waals surface area contributed by atoms with Crippen LogP contribution in [0.4, 0.5) is 5.82 Å². The SMILES string of the molecule is CNc1nc2c3nc(C#N)c(C#N)nc3c3nc(C#N)c(C#N)nc3c2nc1C#N. The lowest BCUT2D eigenvalue weighted by molar-refractivity contribution is 1.16. The Kier molecular flexibility index (Phi) is 3.92. The lowest BCUT2D eigenvalue weighted by Crippen LogP contribution is -2.06. The van der Waals surface area contributed by atoms with Crippen molar-refractivity contribution in [1.82, 2.24) is 29.9 Å². The van der Waals surface area contributed by atoms with Gasteiger partial charge in [0.2, 0.25) is 0 Å². The van der Waals surface area contributed by atoms with Gasteiger partial charge in [-0.2, -0.15) is 26.3 Å². The fraction of sp³-hybridized carbons (Fsp3) is 0.0556. The van der Waals surface area contributed by atoms with Crippen molar-refractivity contribution >= 4 is 38.9 Å². The Morgan fingerprint density at radius 1 is 0.467 bits per heavy atom. The van der Waals surface area contributed by atoms with Crippen LogP contribution in [0, 0.1) is 56.7 Å². The van der Waals surface area contributed by atoms with Crippen LogP contribution in [0.15, 0.2) is 0 Å². The largest absolute Gasteiger partial charge is 0.371 e. The summed E-state index contributed by atoms with van der Waals surface area (Å²) in [6, 6.07) is 9.07. The Balaban J connectivity index is 2.40. The number of benzene rings is 1. The summed E-state index contributed by atoms with van der Waals surface area (Å²) in [4.78, 5) is 25.4. The van der Waals surface area contributed by atoms with Gasteiger partial charge in [-0.15, -0.1) is 0 Å². The Labute approximate surface area is 166 Å². The monoisotopic (exact) mass is 388 g/mol. The van der Waals surface area contributed by atoms with E-state index in [9.17, 15) is 26.3 Å². The van der Waals surface area contributed by atoms with Crippen LogP contribution < -0.4 is 5.32 Å². The Morgan fingerprint density at radius 3 is 1.00 bits per heavy atom. The van der Waals surface area contributed by atoms with E-state index in [0.717, 1.165) is 0 Å². The maximum absolute atomic E-state index is 9.40. The molecule has 0 fully saturated rings. The molecule has 0 radical (unpaired) electrons. The maximum atomic E-state index is 9.40. The molecule has 0 spiro atoms. The molecule has 0 saturated carbocycles. The van der Waals surface area contributed by atoms with Crippen LogP contribution in [0.25, 0.3) is 33.1 Å². The topological polar surface area (TPSA) is 208 Å². The van der Waals surface area contributed by atoms with Gasteiger partial charge in [-0.1, -0.05) is 0 Å². The summed E-state index contributed by atoms with van der Waals surface area (Å²) in [5, 5.41) is 49.4. The minimum Gasteiger partial charge on any atom is -0.371 e. The third kappa shape index (κ3) is 2.35. The van der Waals surface area contributed by atoms with Crippen LogP contribution in [0.1, 0.15) is 28.5 Å². The van der Waals surface area contributed by atoms with Gasteiger partial charge in [-0.25, -0.2) is 29.9 Å². The third-order valence-corrected chi connectivity index (χ3v) is 4.13. The second-order valence-corrected chi connectivity index (χ2v) is 5.66. The van der Waals surface area contributed by atoms with Crippen molar-refractivity contribution < 1.29 is 0 Å². The zero-order chi connectivity index (χ0) is 21.4. The molecule has 0 amide bonds. The van der Waals surface area contributed by atoms with Crippen molar-refractivity contribution in [2.75, 3.05) is 12.4 Å². The highest BCUT2D eigenvalue weighted by molar-refractivity contribution is 6.18. The third-order valence-electron chi connectivity index (χ3n) is 4.13. The minimum atomic E-state index is -0.254. The van der Waals surface area contributed by atoms with Crippen molar-refractivity contribution in [3.63, 3.8) is 0 Å². The molecule has 4 rings (SSSR count). The Hall–Kier alpha value is -5.51. The first-order valence-corrected chi connectivity index (χ1v) is 8.05. The highest BCUT2D eigenvalue weighted by atomic mass is 15.0. The summed E-state index contributed by atoms with van der Waals surface area (Å²) >= 11 is 0. The summed E-state index contributed by atoms with van der Waals surface area (Å²) in [6.45, 7) is 0. The van der Waals surface area contributed by atoms with Crippen molar-refractivity contribution in [3.8, 4) is 30.3 Å². The highest BCUT2D eigenvalue weighted by Gasteiger charge is 2.22. The van der Waals surface area contributed by atoms with E-state index in [2.05, 4.69) is 35.2 Å². The van der Waals surface area contributed by atoms with Crippen LogP contribution in [-0.4, -0.2) is 37.0 Å². The van der Waals surface area contributed by atoms with E-state index in [4.69, 9.17) is 0 Å². The molecule has 0 bridgehead atoms. The molecular weight excluding hydrogens is 384 g/mol. The fourth-order valence-corrected chi connectivity index (χ4v) is 2.86. The zero-order valence-corrected chi connectivity index (χ0v) is 14.9. The number of aromatic nitrogens is 6. The summed E-state index contributed by atoms with van der Waals surface area (Å²) in [7, 11) is 1.55. The molecule has 3 heterocycles. The summed E-state index contributed by atoms with van der Waals surface area (Å²) in [6.07, 6.45) is 0. The van der Waals surface area contributed by atoms with Gasteiger partial charge < -0.3 is 5.32 Å². The number of nitrogens with zero attached hydrogens (tertiary/aromatic N) is 11. The molecule has 12 nitrogen and oxygen atoms in total. The van der Waals surface area contributed by atoms with E-state index in [1.807, 2.05) is 6.07 Å². The van der Waals surface area contributed by atoms with E-state index in [0.29, 0.717) is 0 Å². The molecule has 1 N–H and O–H groups in total. The number of hydrogen-bond donors (Lipinski definition) is 1. The highest BCUT2D eigenvalue weighted by Crippen LogP contribution is 2.31. The minimum absolute atomic E-state index is 0.0388. The first-order chi connectivity index (χ1) is 14.6. The molecule has 3 aromatic heterocycles. The summed E-state index contributed by atoms with van der Waals surface area (Å²) in [5.74, 6) is 0.150. The predicted molar refractivity (Wildman–Crippen MR) is 98.9 cm³/mol. The fourth-order valence-electron chi connectivity index (χ4n) is 2.86. The number of rotatable bonds is 1. The van der Waals surface area contributed by atoms with Gasteiger partial charge in [0, 0.05) is 7.05 Å². The van der Waals surface area contributed by atoms with Crippen molar-refractivity contribution in [2.24, 2.45) is 0 Å². The van der Waals surface area contributed by atoms with Crippen LogP contribution in [0.5, 0.6) is 0 Å². The molecule has 4 aromatic rings. The van der Waals surface area contributed by atoms with E-state index in [1.54, 1.807) is 31.3 Å². The lowest BCUT2D eigenvalue weighted by atomic mass is 10.1. The van der Waals surface area contributed by atoms with Crippen molar-refractivity contribution in [3.05, 3.63) is 28.5 Å². The van der Waals surface area contributed by atoms with Crippen molar-refractivity contribution in [1.29, 1.82) is 26.3 Å². The maximum Gasteiger partial charge on any atom is 0.183 e. The molecule has 136 valence electrons. The van der Waals surface area contributed by atoms with Gasteiger partial charge in [-0.3, -0.25) is 0 Å². The number of nitriles is 5. The van der Waals surface area contributed by atoms with Gasteiger partial charge in [0.15, 0.2) is 34.3 Å². The Bertz CT molecular complexity index is 1580. The smallest absolute Gasteiger partial charge is 0.183 e. The molecule has 0 atom stereocenters. The number of fused-ring (bicyclic) bond motifs is 6. The molecule has 30 heavy (non-hydrogen) atoms. The average molecular weight is 388 g/mol. The van der Waals surface area contributed by atoms with Crippen LogP contribution >= 0.6 is 0 Å². The van der Waals surface area contributed by atoms with Gasteiger partial charge in [0.05, 0.1) is 0 Å². The van der Waals surface area contributed by atoms with E-state index >= 15 is 0 Å². The number of anilines is 1. The van der Waals surface area contributed by atoms with E-state index < -0.39 is 0 Å². The quantitative estimate of drug-likeness (QED) is 0.451. The predicted octanol–water partition coefficient (Wildman–Crippen LogP) is 0.916. The van der Waals surface area contributed by atoms with E-state index in [-0.39, 0.29) is 67.4 Å². The molecule has 0 aliphatic heterocycles. The van der Waals surface area contributed by atoms with Gasteiger partial charge in [0.1, 0.15) is 63.4 Å². The molecule has 0 unspecified atom stereocenters. The second kappa shape index (κ2) is 6.58. The Morgan fingerprint density at radius 2 is 0.733 bits per heavy atom. The van der Waals surface area contributed by atoms with Crippen LogP contribution in [-0.2, 0) is 0 Å². The summed E-state index contributed by atoms with van der Waals surface area (Å²) in [5.41, 5.74) is -0.553. The molecule has 0 aliphatic carbocycles. The zero-order valence-electron chi connectivity index (χ0n) is 14.9. The molecule has 0 saturated heterocycles. The van der Waals surface area contributed by atoms with Crippen LogP contribution in [0.3, 0.4) is 0 Å². The van der Waals surface area contributed by atoms with Crippen LogP contribution in [0.2, 0.25) is 0 Å². The standard InChI is InChI=1S/C18H4N12/c1-24-18-11(6-23)29-16-14-12(25-7(2-19)8(3-20)27-14)13-15(17(16)30-18)28-10(5-22)9(4-21)26-13/h1H3,(H,24,30). The molecule has 0 aliphatic rings. The van der Waals surface area contributed by atoms with E-state index in [1.165, 1.54) is 0 Å². The lowest BCUT2D eigenvalue weighted by Gasteiger charge is -2.10.